The first-order valence-electron chi connectivity index (χ1n) is 8.73. The molecule has 1 heterocycles. The van der Waals surface area contributed by atoms with E-state index in [9.17, 15) is 18.0 Å². The van der Waals surface area contributed by atoms with Crippen molar-refractivity contribution in [3.05, 3.63) is 72.3 Å². The van der Waals surface area contributed by atoms with Crippen LogP contribution in [0, 0.1) is 0 Å². The highest BCUT2D eigenvalue weighted by Crippen LogP contribution is 2.27. The molecule has 0 aliphatic heterocycles. The first kappa shape index (κ1) is 19.3. The van der Waals surface area contributed by atoms with E-state index in [4.69, 9.17) is 5.11 Å². The van der Waals surface area contributed by atoms with Crippen LogP contribution in [0.3, 0.4) is 0 Å². The van der Waals surface area contributed by atoms with Crippen LogP contribution in [-0.2, 0) is 0 Å². The molecule has 0 bridgehead atoms. The summed E-state index contributed by atoms with van der Waals surface area (Å²) in [6, 6.07) is 17.3. The van der Waals surface area contributed by atoms with Gasteiger partial charge in [-0.1, -0.05) is 18.2 Å². The van der Waals surface area contributed by atoms with Gasteiger partial charge in [-0.25, -0.2) is 9.78 Å². The van der Waals surface area contributed by atoms with Gasteiger partial charge in [-0.15, -0.1) is 13.2 Å². The molecule has 0 amide bonds. The van der Waals surface area contributed by atoms with Crippen molar-refractivity contribution >= 4 is 28.6 Å². The number of alkyl halides is 3. The minimum atomic E-state index is -4.74. The number of nitrogens with one attached hydrogen (secondary N) is 2. The molecule has 0 saturated carbocycles. The van der Waals surface area contributed by atoms with Crippen molar-refractivity contribution in [3.8, 4) is 16.9 Å². The summed E-state index contributed by atoms with van der Waals surface area (Å²) in [5.41, 5.74) is 3.67. The fourth-order valence-electron chi connectivity index (χ4n) is 2.96. The fourth-order valence-corrected chi connectivity index (χ4v) is 2.96. The molecular formula is C21H14F3N3O3. The topological polar surface area (TPSA) is 87.2 Å². The molecule has 4 aromatic rings. The van der Waals surface area contributed by atoms with Gasteiger partial charge in [0.1, 0.15) is 5.75 Å². The van der Waals surface area contributed by atoms with Gasteiger partial charge < -0.3 is 20.1 Å². The van der Waals surface area contributed by atoms with Crippen molar-refractivity contribution in [2.75, 3.05) is 5.32 Å². The zero-order valence-electron chi connectivity index (χ0n) is 15.2. The summed E-state index contributed by atoms with van der Waals surface area (Å²) in [5, 5.41) is 12.1. The van der Waals surface area contributed by atoms with Gasteiger partial charge in [-0.2, -0.15) is 0 Å². The SMILES string of the molecule is O=C(O)c1cccc(-c2ccc3nc(Nc4ccc(OC(F)(F)F)cc4)[nH]c3c2)c1. The number of imidazole rings is 1. The second kappa shape index (κ2) is 7.43. The Bertz CT molecular complexity index is 1220. The van der Waals surface area contributed by atoms with E-state index in [-0.39, 0.29) is 11.3 Å². The second-order valence-corrected chi connectivity index (χ2v) is 6.40. The van der Waals surface area contributed by atoms with Crippen LogP contribution in [0.1, 0.15) is 10.4 Å². The Morgan fingerprint density at radius 3 is 2.43 bits per heavy atom. The predicted octanol–water partition coefficient (Wildman–Crippen LogP) is 5.57. The molecule has 0 aliphatic rings. The molecule has 4 rings (SSSR count). The summed E-state index contributed by atoms with van der Waals surface area (Å²) in [6.07, 6.45) is -4.74. The van der Waals surface area contributed by atoms with E-state index < -0.39 is 12.3 Å². The standard InChI is InChI=1S/C21H14F3N3O3/c22-21(23,24)30-16-7-5-15(6-8-16)25-20-26-17-9-4-13(11-18(17)27-20)12-2-1-3-14(10-12)19(28)29/h1-11H,(H,28,29)(H2,25,26,27). The quantitative estimate of drug-likeness (QED) is 0.398. The number of anilines is 2. The molecule has 3 aromatic carbocycles. The molecule has 0 atom stereocenters. The number of nitrogens with zero attached hydrogens (tertiary/aromatic N) is 1. The van der Waals surface area contributed by atoms with E-state index in [0.29, 0.717) is 22.7 Å². The molecule has 0 spiro atoms. The number of H-pyrrole nitrogens is 1. The number of aromatic nitrogens is 2. The lowest BCUT2D eigenvalue weighted by Crippen LogP contribution is -2.16. The molecule has 3 N–H and O–H groups in total. The van der Waals surface area contributed by atoms with E-state index in [1.807, 2.05) is 18.2 Å². The van der Waals surface area contributed by atoms with Gasteiger partial charge >= 0.3 is 12.3 Å². The maximum absolute atomic E-state index is 12.2. The van der Waals surface area contributed by atoms with Crippen LogP contribution in [0.5, 0.6) is 5.75 Å². The highest BCUT2D eigenvalue weighted by Gasteiger charge is 2.30. The molecule has 1 aromatic heterocycles. The monoisotopic (exact) mass is 413 g/mol. The number of aromatic amines is 1. The Kier molecular flexibility index (Phi) is 4.78. The number of hydrogen-bond acceptors (Lipinski definition) is 4. The highest BCUT2D eigenvalue weighted by atomic mass is 19.4. The number of aromatic carboxylic acids is 1. The number of carbonyl (C=O) groups is 1. The number of carboxylic acids is 1. The van der Waals surface area contributed by atoms with Crippen molar-refractivity contribution in [1.29, 1.82) is 0 Å². The molecule has 152 valence electrons. The van der Waals surface area contributed by atoms with Crippen molar-refractivity contribution in [2.24, 2.45) is 0 Å². The maximum atomic E-state index is 12.2. The van der Waals surface area contributed by atoms with Gasteiger partial charge in [0.25, 0.3) is 0 Å². The zero-order chi connectivity index (χ0) is 21.3. The lowest BCUT2D eigenvalue weighted by atomic mass is 10.0. The zero-order valence-corrected chi connectivity index (χ0v) is 15.2. The van der Waals surface area contributed by atoms with E-state index in [0.717, 1.165) is 11.1 Å². The summed E-state index contributed by atoms with van der Waals surface area (Å²) < 4.78 is 40.6. The van der Waals surface area contributed by atoms with E-state index in [2.05, 4.69) is 20.0 Å². The van der Waals surface area contributed by atoms with Gasteiger partial charge in [0.2, 0.25) is 5.95 Å². The molecule has 6 nitrogen and oxygen atoms in total. The smallest absolute Gasteiger partial charge is 0.478 e. The first-order valence-corrected chi connectivity index (χ1v) is 8.73. The van der Waals surface area contributed by atoms with Crippen LogP contribution in [0.4, 0.5) is 24.8 Å². The minimum absolute atomic E-state index is 0.192. The first-order chi connectivity index (χ1) is 14.3. The van der Waals surface area contributed by atoms with Crippen LogP contribution >= 0.6 is 0 Å². The predicted molar refractivity (Wildman–Crippen MR) is 105 cm³/mol. The second-order valence-electron chi connectivity index (χ2n) is 6.40. The summed E-state index contributed by atoms with van der Waals surface area (Å²) in [7, 11) is 0. The number of ether oxygens (including phenoxy) is 1. The molecular weight excluding hydrogens is 399 g/mol. The van der Waals surface area contributed by atoms with E-state index in [1.165, 1.54) is 30.3 Å². The van der Waals surface area contributed by atoms with Crippen molar-refractivity contribution < 1.29 is 27.8 Å². The normalized spacial score (nSPS) is 11.4. The average molecular weight is 413 g/mol. The number of rotatable bonds is 5. The summed E-state index contributed by atoms with van der Waals surface area (Å²) in [6.45, 7) is 0. The maximum Gasteiger partial charge on any atom is 0.573 e. The molecule has 0 aliphatic carbocycles. The number of carboxylic acid groups (broad SMARTS) is 1. The van der Waals surface area contributed by atoms with Crippen LogP contribution in [0.15, 0.2) is 66.7 Å². The Morgan fingerprint density at radius 1 is 1.00 bits per heavy atom. The van der Waals surface area contributed by atoms with Gasteiger partial charge in [0, 0.05) is 5.69 Å². The Labute approximate surface area is 168 Å². The molecule has 9 heteroatoms. The largest absolute Gasteiger partial charge is 0.573 e. The summed E-state index contributed by atoms with van der Waals surface area (Å²) in [5.74, 6) is -0.908. The van der Waals surface area contributed by atoms with Crippen LogP contribution in [0.25, 0.3) is 22.2 Å². The summed E-state index contributed by atoms with van der Waals surface area (Å²) >= 11 is 0. The number of hydrogen-bond donors (Lipinski definition) is 3. The molecule has 0 radical (unpaired) electrons. The highest BCUT2D eigenvalue weighted by molar-refractivity contribution is 5.90. The third-order valence-electron chi connectivity index (χ3n) is 4.28. The Hall–Kier alpha value is -4.01. The van der Waals surface area contributed by atoms with Crippen LogP contribution < -0.4 is 10.1 Å². The summed E-state index contributed by atoms with van der Waals surface area (Å²) in [4.78, 5) is 18.7. The van der Waals surface area contributed by atoms with Gasteiger partial charge in [-0.3, -0.25) is 0 Å². The fraction of sp³-hybridized carbons (Fsp3) is 0.0476. The molecule has 0 fully saturated rings. The molecule has 0 unspecified atom stereocenters. The third-order valence-corrected chi connectivity index (χ3v) is 4.28. The van der Waals surface area contributed by atoms with Crippen LogP contribution in [0.2, 0.25) is 0 Å². The average Bonchev–Trinajstić information content (AvgIpc) is 3.10. The number of fused-ring (bicyclic) bond motifs is 1. The van der Waals surface area contributed by atoms with Gasteiger partial charge in [-0.05, 0) is 59.7 Å². The van der Waals surface area contributed by atoms with Crippen molar-refractivity contribution in [2.45, 2.75) is 6.36 Å². The van der Waals surface area contributed by atoms with Crippen molar-refractivity contribution in [1.82, 2.24) is 9.97 Å². The van der Waals surface area contributed by atoms with Crippen LogP contribution in [-0.4, -0.2) is 27.4 Å². The number of halogens is 3. The van der Waals surface area contributed by atoms with E-state index in [1.54, 1.807) is 18.2 Å². The van der Waals surface area contributed by atoms with Crippen molar-refractivity contribution in [3.63, 3.8) is 0 Å². The Balaban J connectivity index is 1.55. The minimum Gasteiger partial charge on any atom is -0.478 e. The van der Waals surface area contributed by atoms with E-state index >= 15 is 0 Å². The molecule has 0 saturated heterocycles. The number of benzene rings is 3. The third kappa shape index (κ3) is 4.35. The molecule has 30 heavy (non-hydrogen) atoms. The lowest BCUT2D eigenvalue weighted by molar-refractivity contribution is -0.274. The Morgan fingerprint density at radius 2 is 1.73 bits per heavy atom. The lowest BCUT2D eigenvalue weighted by Gasteiger charge is -2.09. The van der Waals surface area contributed by atoms with Gasteiger partial charge in [0.15, 0.2) is 0 Å². The van der Waals surface area contributed by atoms with Gasteiger partial charge in [0.05, 0.1) is 16.6 Å².